The van der Waals surface area contributed by atoms with Crippen LogP contribution < -0.4 is 5.32 Å². The summed E-state index contributed by atoms with van der Waals surface area (Å²) in [4.78, 5) is 5.74. The standard InChI is InChI=1S/C15H11N3S2/c1-2-4-12(5-3-1)16-14-13(11-6-8-19-10-11)17-15-18(14)7-9-20-15/h1-10,16H. The third-order valence-electron chi connectivity index (χ3n) is 3.09. The Bertz CT molecular complexity index is 829. The molecule has 0 aliphatic carbocycles. The summed E-state index contributed by atoms with van der Waals surface area (Å²) >= 11 is 3.33. The van der Waals surface area contributed by atoms with E-state index in [1.807, 2.05) is 24.4 Å². The second kappa shape index (κ2) is 4.77. The van der Waals surface area contributed by atoms with Gasteiger partial charge in [-0.3, -0.25) is 4.40 Å². The minimum absolute atomic E-state index is 1.00. The molecule has 98 valence electrons. The molecular formula is C15H11N3S2. The average Bonchev–Trinajstić information content (AvgIpc) is 3.17. The molecule has 3 nitrogen and oxygen atoms in total. The highest BCUT2D eigenvalue weighted by atomic mass is 32.1. The van der Waals surface area contributed by atoms with Gasteiger partial charge in [-0.1, -0.05) is 18.2 Å². The smallest absolute Gasteiger partial charge is 0.195 e. The van der Waals surface area contributed by atoms with E-state index in [-0.39, 0.29) is 0 Å². The number of para-hydroxylation sites is 1. The number of imidazole rings is 1. The van der Waals surface area contributed by atoms with Gasteiger partial charge in [0.15, 0.2) is 4.96 Å². The SMILES string of the molecule is c1ccc(Nc2c(-c3ccsc3)nc3sccn23)cc1. The van der Waals surface area contributed by atoms with Gasteiger partial charge in [-0.05, 0) is 23.6 Å². The van der Waals surface area contributed by atoms with Gasteiger partial charge in [0.2, 0.25) is 0 Å². The average molecular weight is 297 g/mol. The van der Waals surface area contributed by atoms with Crippen LogP contribution in [-0.2, 0) is 0 Å². The number of hydrogen-bond acceptors (Lipinski definition) is 4. The van der Waals surface area contributed by atoms with Crippen LogP contribution in [0.2, 0.25) is 0 Å². The molecule has 4 rings (SSSR count). The molecule has 0 fully saturated rings. The highest BCUT2D eigenvalue weighted by Gasteiger charge is 2.15. The topological polar surface area (TPSA) is 29.3 Å². The van der Waals surface area contributed by atoms with Crippen LogP contribution in [0.4, 0.5) is 11.5 Å². The van der Waals surface area contributed by atoms with Gasteiger partial charge in [-0.15, -0.1) is 11.3 Å². The molecular weight excluding hydrogens is 286 g/mol. The van der Waals surface area contributed by atoms with Crippen molar-refractivity contribution in [1.82, 2.24) is 9.38 Å². The molecule has 0 atom stereocenters. The Kier molecular flexibility index (Phi) is 2.79. The van der Waals surface area contributed by atoms with Crippen LogP contribution in [0.1, 0.15) is 0 Å². The van der Waals surface area contributed by atoms with E-state index in [0.717, 1.165) is 27.7 Å². The predicted molar refractivity (Wildman–Crippen MR) is 86.1 cm³/mol. The first kappa shape index (κ1) is 11.7. The zero-order valence-corrected chi connectivity index (χ0v) is 12.1. The Morgan fingerprint density at radius 2 is 1.95 bits per heavy atom. The molecule has 0 spiro atoms. The third-order valence-corrected chi connectivity index (χ3v) is 4.53. The number of aromatic nitrogens is 2. The van der Waals surface area contributed by atoms with E-state index < -0.39 is 0 Å². The zero-order valence-electron chi connectivity index (χ0n) is 10.5. The maximum atomic E-state index is 4.74. The van der Waals surface area contributed by atoms with Crippen molar-refractivity contribution in [3.05, 3.63) is 58.7 Å². The molecule has 0 bridgehead atoms. The first-order valence-electron chi connectivity index (χ1n) is 6.22. The van der Waals surface area contributed by atoms with Crippen molar-refractivity contribution < 1.29 is 0 Å². The largest absolute Gasteiger partial charge is 0.339 e. The maximum absolute atomic E-state index is 4.74. The summed E-state index contributed by atoms with van der Waals surface area (Å²) in [5.74, 6) is 1.02. The summed E-state index contributed by atoms with van der Waals surface area (Å²) in [6.45, 7) is 0. The van der Waals surface area contributed by atoms with Gasteiger partial charge in [-0.2, -0.15) is 11.3 Å². The number of nitrogens with zero attached hydrogens (tertiary/aromatic N) is 2. The Morgan fingerprint density at radius 1 is 1.05 bits per heavy atom. The fourth-order valence-corrected chi connectivity index (χ4v) is 3.52. The van der Waals surface area contributed by atoms with Gasteiger partial charge in [0.25, 0.3) is 0 Å². The highest BCUT2D eigenvalue weighted by molar-refractivity contribution is 7.15. The first-order chi connectivity index (χ1) is 9.92. The van der Waals surface area contributed by atoms with E-state index in [1.165, 1.54) is 0 Å². The van der Waals surface area contributed by atoms with E-state index in [0.29, 0.717) is 0 Å². The van der Waals surface area contributed by atoms with E-state index in [2.05, 4.69) is 44.1 Å². The molecule has 0 amide bonds. The molecule has 1 aromatic carbocycles. The van der Waals surface area contributed by atoms with Crippen molar-refractivity contribution in [2.24, 2.45) is 0 Å². The lowest BCUT2D eigenvalue weighted by atomic mass is 10.2. The summed E-state index contributed by atoms with van der Waals surface area (Å²) < 4.78 is 2.10. The quantitative estimate of drug-likeness (QED) is 0.584. The van der Waals surface area contributed by atoms with Gasteiger partial charge >= 0.3 is 0 Å². The number of hydrogen-bond donors (Lipinski definition) is 1. The number of thiophene rings is 1. The molecule has 3 heterocycles. The first-order valence-corrected chi connectivity index (χ1v) is 8.04. The molecule has 20 heavy (non-hydrogen) atoms. The fourth-order valence-electron chi connectivity index (χ4n) is 2.16. The lowest BCUT2D eigenvalue weighted by Gasteiger charge is -2.07. The van der Waals surface area contributed by atoms with Crippen molar-refractivity contribution in [2.75, 3.05) is 5.32 Å². The number of fused-ring (bicyclic) bond motifs is 1. The van der Waals surface area contributed by atoms with Crippen molar-refractivity contribution in [2.45, 2.75) is 0 Å². The lowest BCUT2D eigenvalue weighted by molar-refractivity contribution is 1.23. The van der Waals surface area contributed by atoms with Crippen LogP contribution in [-0.4, -0.2) is 9.38 Å². The molecule has 3 aromatic heterocycles. The van der Waals surface area contributed by atoms with Crippen LogP contribution >= 0.6 is 22.7 Å². The fraction of sp³-hybridized carbons (Fsp3) is 0. The second-order valence-corrected chi connectivity index (χ2v) is 6.02. The summed E-state index contributed by atoms with van der Waals surface area (Å²) in [6.07, 6.45) is 2.05. The van der Waals surface area contributed by atoms with Crippen LogP contribution in [0.3, 0.4) is 0 Å². The Hall–Kier alpha value is -2.11. The zero-order chi connectivity index (χ0) is 13.4. The predicted octanol–water partition coefficient (Wildman–Crippen LogP) is 4.87. The van der Waals surface area contributed by atoms with Crippen molar-refractivity contribution in [1.29, 1.82) is 0 Å². The molecule has 0 unspecified atom stereocenters. The highest BCUT2D eigenvalue weighted by Crippen LogP contribution is 2.33. The molecule has 1 N–H and O–H groups in total. The van der Waals surface area contributed by atoms with E-state index in [9.17, 15) is 0 Å². The monoisotopic (exact) mass is 297 g/mol. The third kappa shape index (κ3) is 1.92. The molecule has 5 heteroatoms. The molecule has 0 aliphatic rings. The Labute approximate surface area is 124 Å². The lowest BCUT2D eigenvalue weighted by Crippen LogP contribution is -1.95. The summed E-state index contributed by atoms with van der Waals surface area (Å²) in [5, 5.41) is 9.74. The van der Waals surface area contributed by atoms with Crippen molar-refractivity contribution >= 4 is 39.1 Å². The summed E-state index contributed by atoms with van der Waals surface area (Å²) in [7, 11) is 0. The number of anilines is 2. The normalized spacial score (nSPS) is 11.0. The Morgan fingerprint density at radius 3 is 2.75 bits per heavy atom. The van der Waals surface area contributed by atoms with E-state index in [1.54, 1.807) is 22.7 Å². The summed E-state index contributed by atoms with van der Waals surface area (Å²) in [5.41, 5.74) is 3.23. The maximum Gasteiger partial charge on any atom is 0.195 e. The summed E-state index contributed by atoms with van der Waals surface area (Å²) in [6, 6.07) is 12.3. The van der Waals surface area contributed by atoms with Gasteiger partial charge < -0.3 is 5.32 Å². The number of nitrogens with one attached hydrogen (secondary N) is 1. The van der Waals surface area contributed by atoms with Gasteiger partial charge in [0.05, 0.1) is 0 Å². The molecule has 0 aliphatic heterocycles. The van der Waals surface area contributed by atoms with Gasteiger partial charge in [0.1, 0.15) is 11.5 Å². The van der Waals surface area contributed by atoms with E-state index in [4.69, 9.17) is 4.98 Å². The number of benzene rings is 1. The van der Waals surface area contributed by atoms with Crippen LogP contribution in [0, 0.1) is 0 Å². The number of rotatable bonds is 3. The van der Waals surface area contributed by atoms with Gasteiger partial charge in [-0.25, -0.2) is 4.98 Å². The molecule has 0 saturated carbocycles. The van der Waals surface area contributed by atoms with Crippen molar-refractivity contribution in [3.8, 4) is 11.3 Å². The van der Waals surface area contributed by atoms with Crippen LogP contribution in [0.5, 0.6) is 0 Å². The van der Waals surface area contributed by atoms with Crippen LogP contribution in [0.25, 0.3) is 16.2 Å². The van der Waals surface area contributed by atoms with Gasteiger partial charge in [0, 0.05) is 28.2 Å². The Balaban J connectivity index is 1.87. The number of thiazole rings is 1. The second-order valence-electron chi connectivity index (χ2n) is 4.37. The van der Waals surface area contributed by atoms with Crippen molar-refractivity contribution in [3.63, 3.8) is 0 Å². The molecule has 4 aromatic rings. The molecule has 0 radical (unpaired) electrons. The van der Waals surface area contributed by atoms with Crippen LogP contribution in [0.15, 0.2) is 58.7 Å². The van der Waals surface area contributed by atoms with E-state index >= 15 is 0 Å². The minimum atomic E-state index is 1.00. The minimum Gasteiger partial charge on any atom is -0.339 e. The molecule has 0 saturated heterocycles.